The number of hydrogen-bond donors (Lipinski definition) is 1. The van der Waals surface area contributed by atoms with Crippen molar-refractivity contribution >= 4 is 17.7 Å². The molecule has 1 aromatic carbocycles. The summed E-state index contributed by atoms with van der Waals surface area (Å²) in [6.45, 7) is 1.40. The van der Waals surface area contributed by atoms with E-state index in [0.717, 1.165) is 4.90 Å². The lowest BCUT2D eigenvalue weighted by Crippen LogP contribution is -2.46. The zero-order valence-corrected chi connectivity index (χ0v) is 10.4. The number of halogens is 1. The number of carbonyl (C=O) groups excluding carboxylic acids is 1. The summed E-state index contributed by atoms with van der Waals surface area (Å²) in [7, 11) is 2.85. The van der Waals surface area contributed by atoms with Gasteiger partial charge in [0.1, 0.15) is 11.9 Å². The summed E-state index contributed by atoms with van der Waals surface area (Å²) >= 11 is 0. The van der Waals surface area contributed by atoms with Crippen LogP contribution in [0.4, 0.5) is 14.9 Å². The molecule has 1 rings (SSSR count). The van der Waals surface area contributed by atoms with Gasteiger partial charge in [-0.05, 0) is 25.1 Å². The molecule has 5 nitrogen and oxygen atoms in total. The van der Waals surface area contributed by atoms with E-state index in [9.17, 15) is 14.0 Å². The van der Waals surface area contributed by atoms with Crippen molar-refractivity contribution in [2.75, 3.05) is 19.0 Å². The molecule has 0 spiro atoms. The lowest BCUT2D eigenvalue weighted by Gasteiger charge is -2.27. The van der Waals surface area contributed by atoms with E-state index in [1.807, 2.05) is 0 Å². The first kappa shape index (κ1) is 14.0. The second kappa shape index (κ2) is 5.48. The van der Waals surface area contributed by atoms with Crippen LogP contribution in [0.1, 0.15) is 6.92 Å². The van der Waals surface area contributed by atoms with Crippen LogP contribution in [0, 0.1) is 5.82 Å². The average molecular weight is 254 g/mol. The third-order valence-corrected chi connectivity index (χ3v) is 2.72. The summed E-state index contributed by atoms with van der Waals surface area (Å²) < 4.78 is 13.0. The molecule has 0 aliphatic rings. The summed E-state index contributed by atoms with van der Waals surface area (Å²) in [5, 5.41) is 8.83. The van der Waals surface area contributed by atoms with Crippen LogP contribution in [0.15, 0.2) is 24.3 Å². The lowest BCUT2D eigenvalue weighted by atomic mass is 10.3. The highest BCUT2D eigenvalue weighted by atomic mass is 19.1. The van der Waals surface area contributed by atoms with E-state index in [4.69, 9.17) is 5.11 Å². The van der Waals surface area contributed by atoms with Crippen LogP contribution in [0.25, 0.3) is 0 Å². The minimum absolute atomic E-state index is 0.365. The third-order valence-electron chi connectivity index (χ3n) is 2.72. The maximum atomic E-state index is 13.0. The molecule has 0 aliphatic heterocycles. The highest BCUT2D eigenvalue weighted by molar-refractivity contribution is 5.93. The highest BCUT2D eigenvalue weighted by Gasteiger charge is 2.24. The summed E-state index contributed by atoms with van der Waals surface area (Å²) in [5.74, 6) is -1.56. The fraction of sp³-hybridized carbons (Fsp3) is 0.333. The molecule has 0 radical (unpaired) electrons. The second-order valence-electron chi connectivity index (χ2n) is 3.95. The predicted molar refractivity (Wildman–Crippen MR) is 65.1 cm³/mol. The van der Waals surface area contributed by atoms with Gasteiger partial charge in [-0.15, -0.1) is 0 Å². The Hall–Kier alpha value is -2.11. The van der Waals surface area contributed by atoms with E-state index in [2.05, 4.69) is 0 Å². The Bertz CT molecular complexity index is 464. The molecule has 0 saturated carbocycles. The highest BCUT2D eigenvalue weighted by Crippen LogP contribution is 2.15. The largest absolute Gasteiger partial charge is 0.480 e. The van der Waals surface area contributed by atoms with Gasteiger partial charge in [-0.2, -0.15) is 0 Å². The molecule has 0 saturated heterocycles. The Labute approximate surface area is 104 Å². The molecule has 0 aromatic heterocycles. The van der Waals surface area contributed by atoms with E-state index in [0.29, 0.717) is 5.69 Å². The van der Waals surface area contributed by atoms with Crippen LogP contribution < -0.4 is 4.90 Å². The Balaban J connectivity index is 2.87. The molecule has 2 amide bonds. The average Bonchev–Trinajstić information content (AvgIpc) is 2.35. The van der Waals surface area contributed by atoms with Gasteiger partial charge in [-0.3, -0.25) is 4.90 Å². The molecule has 1 N–H and O–H groups in total. The number of carbonyl (C=O) groups is 2. The lowest BCUT2D eigenvalue weighted by molar-refractivity contribution is -0.141. The Kier molecular flexibility index (Phi) is 4.25. The molecular formula is C12H15FN2O3. The molecule has 0 unspecified atom stereocenters. The third kappa shape index (κ3) is 2.97. The van der Waals surface area contributed by atoms with Crippen molar-refractivity contribution < 1.29 is 19.1 Å². The molecule has 0 heterocycles. The number of aliphatic carboxylic acids is 1. The maximum absolute atomic E-state index is 13.0. The molecule has 0 bridgehead atoms. The molecule has 6 heteroatoms. The van der Waals surface area contributed by atoms with Crippen LogP contribution in [0.2, 0.25) is 0 Å². The van der Waals surface area contributed by atoms with Crippen LogP contribution in [-0.2, 0) is 4.79 Å². The Morgan fingerprint density at radius 1 is 1.33 bits per heavy atom. The monoisotopic (exact) mass is 254 g/mol. The number of benzene rings is 1. The van der Waals surface area contributed by atoms with Gasteiger partial charge in [0.05, 0.1) is 0 Å². The topological polar surface area (TPSA) is 60.9 Å². The van der Waals surface area contributed by atoms with E-state index in [-0.39, 0.29) is 0 Å². The van der Waals surface area contributed by atoms with Crippen LogP contribution in [-0.4, -0.2) is 42.1 Å². The SMILES string of the molecule is C[C@@H](C(=O)O)N(C)C(=O)N(C)c1cccc(F)c1. The van der Waals surface area contributed by atoms with Crippen molar-refractivity contribution in [1.82, 2.24) is 4.90 Å². The fourth-order valence-corrected chi connectivity index (χ4v) is 1.36. The summed E-state index contributed by atoms with van der Waals surface area (Å²) in [6.07, 6.45) is 0. The maximum Gasteiger partial charge on any atom is 0.326 e. The van der Waals surface area contributed by atoms with E-state index >= 15 is 0 Å². The number of amides is 2. The van der Waals surface area contributed by atoms with E-state index in [1.54, 1.807) is 6.07 Å². The number of carboxylic acids is 1. The molecule has 0 aliphatic carbocycles. The van der Waals surface area contributed by atoms with Crippen molar-refractivity contribution in [2.45, 2.75) is 13.0 Å². The smallest absolute Gasteiger partial charge is 0.326 e. The number of anilines is 1. The molecule has 1 aromatic rings. The van der Waals surface area contributed by atoms with Crippen molar-refractivity contribution in [1.29, 1.82) is 0 Å². The normalized spacial score (nSPS) is 11.8. The van der Waals surface area contributed by atoms with Crippen molar-refractivity contribution in [2.24, 2.45) is 0 Å². The molecule has 98 valence electrons. The molecule has 1 atom stereocenters. The first-order chi connectivity index (χ1) is 8.34. The van der Waals surface area contributed by atoms with Crippen LogP contribution in [0.3, 0.4) is 0 Å². The summed E-state index contributed by atoms with van der Waals surface area (Å²) in [5.41, 5.74) is 0.365. The number of likely N-dealkylation sites (N-methyl/N-ethyl adjacent to an activating group) is 1. The first-order valence-electron chi connectivity index (χ1n) is 5.33. The van der Waals surface area contributed by atoms with Crippen molar-refractivity contribution in [3.63, 3.8) is 0 Å². The van der Waals surface area contributed by atoms with Gasteiger partial charge in [0.15, 0.2) is 0 Å². The zero-order chi connectivity index (χ0) is 13.9. The quantitative estimate of drug-likeness (QED) is 0.894. The van der Waals surface area contributed by atoms with Gasteiger partial charge in [0.25, 0.3) is 0 Å². The number of rotatable bonds is 3. The fourth-order valence-electron chi connectivity index (χ4n) is 1.36. The number of hydrogen-bond acceptors (Lipinski definition) is 2. The van der Waals surface area contributed by atoms with E-state index in [1.165, 1.54) is 44.1 Å². The van der Waals surface area contributed by atoms with Gasteiger partial charge in [-0.1, -0.05) is 6.07 Å². The van der Waals surface area contributed by atoms with Gasteiger partial charge < -0.3 is 10.0 Å². The zero-order valence-electron chi connectivity index (χ0n) is 10.4. The Morgan fingerprint density at radius 3 is 2.44 bits per heavy atom. The van der Waals surface area contributed by atoms with Crippen molar-refractivity contribution in [3.05, 3.63) is 30.1 Å². The summed E-state index contributed by atoms with van der Waals surface area (Å²) in [6, 6.07) is 4.06. The number of carboxylic acid groups (broad SMARTS) is 1. The van der Waals surface area contributed by atoms with E-state index < -0.39 is 23.9 Å². The van der Waals surface area contributed by atoms with Crippen LogP contribution >= 0.6 is 0 Å². The minimum Gasteiger partial charge on any atom is -0.480 e. The van der Waals surface area contributed by atoms with Crippen molar-refractivity contribution in [3.8, 4) is 0 Å². The predicted octanol–water partition coefficient (Wildman–Crippen LogP) is 1.79. The first-order valence-corrected chi connectivity index (χ1v) is 5.33. The number of urea groups is 1. The summed E-state index contributed by atoms with van der Waals surface area (Å²) in [4.78, 5) is 25.0. The van der Waals surface area contributed by atoms with Gasteiger partial charge in [0, 0.05) is 19.8 Å². The Morgan fingerprint density at radius 2 is 1.94 bits per heavy atom. The van der Waals surface area contributed by atoms with Gasteiger partial charge in [0.2, 0.25) is 0 Å². The van der Waals surface area contributed by atoms with Gasteiger partial charge in [-0.25, -0.2) is 14.0 Å². The standard InChI is InChI=1S/C12H15FN2O3/c1-8(11(16)17)14(2)12(18)15(3)10-6-4-5-9(13)7-10/h4-8H,1-3H3,(H,16,17)/t8-/m0/s1. The second-order valence-corrected chi connectivity index (χ2v) is 3.95. The molecule has 18 heavy (non-hydrogen) atoms. The molecular weight excluding hydrogens is 239 g/mol. The van der Waals surface area contributed by atoms with Gasteiger partial charge >= 0.3 is 12.0 Å². The van der Waals surface area contributed by atoms with Crippen LogP contribution in [0.5, 0.6) is 0 Å². The number of nitrogens with zero attached hydrogens (tertiary/aromatic N) is 2. The molecule has 0 fully saturated rings. The minimum atomic E-state index is -1.10.